The van der Waals surface area contributed by atoms with E-state index in [1.165, 1.54) is 5.56 Å². The maximum atomic E-state index is 12.4. The van der Waals surface area contributed by atoms with Crippen molar-refractivity contribution >= 4 is 41.8 Å². The smallest absolute Gasteiger partial charge is 0.242 e. The minimum atomic E-state index is -0.184. The first-order chi connectivity index (χ1) is 15.1. The minimum Gasteiger partial charge on any atom is -0.467 e. The Labute approximate surface area is 206 Å². The first kappa shape index (κ1) is 25.7. The molecule has 0 radical (unpaired) electrons. The third-order valence-corrected chi connectivity index (χ3v) is 5.13. The molecular weight excluding hydrogens is 521 g/mol. The molecule has 3 N–H and O–H groups in total. The molecule has 1 unspecified atom stereocenters. The van der Waals surface area contributed by atoms with Gasteiger partial charge in [-0.1, -0.05) is 30.3 Å². The van der Waals surface area contributed by atoms with Crippen LogP contribution in [-0.4, -0.2) is 55.4 Å². The summed E-state index contributed by atoms with van der Waals surface area (Å²) >= 11 is 0. The Morgan fingerprint density at radius 2 is 1.97 bits per heavy atom. The van der Waals surface area contributed by atoms with Crippen LogP contribution in [0.15, 0.2) is 58.1 Å². The number of amides is 2. The summed E-state index contributed by atoms with van der Waals surface area (Å²) < 4.78 is 5.20. The van der Waals surface area contributed by atoms with Crippen LogP contribution in [0.3, 0.4) is 0 Å². The van der Waals surface area contributed by atoms with Gasteiger partial charge in [0.15, 0.2) is 5.96 Å². The number of benzene rings is 1. The summed E-state index contributed by atoms with van der Waals surface area (Å²) in [5.74, 6) is 1.51. The maximum Gasteiger partial charge on any atom is 0.242 e. The number of hydrogen-bond donors (Lipinski definition) is 3. The van der Waals surface area contributed by atoms with E-state index in [2.05, 4.69) is 33.1 Å². The quantitative estimate of drug-likeness (QED) is 0.238. The molecule has 8 nitrogen and oxygen atoms in total. The molecule has 9 heteroatoms. The lowest BCUT2D eigenvalue weighted by atomic mass is 10.1. The summed E-state index contributed by atoms with van der Waals surface area (Å²) in [6.07, 6.45) is 2.97. The number of aliphatic imine (C=N–C) groups is 1. The molecule has 2 amide bonds. The van der Waals surface area contributed by atoms with Crippen molar-refractivity contribution in [2.45, 2.75) is 26.3 Å². The van der Waals surface area contributed by atoms with Crippen molar-refractivity contribution in [2.75, 3.05) is 32.7 Å². The Hall–Kier alpha value is -2.56. The van der Waals surface area contributed by atoms with Crippen LogP contribution in [0.2, 0.25) is 0 Å². The van der Waals surface area contributed by atoms with Gasteiger partial charge in [0.2, 0.25) is 11.8 Å². The number of carbonyl (C=O) groups excluding carboxylic acids is 2. The molecule has 1 aromatic heterocycles. The molecule has 1 fully saturated rings. The van der Waals surface area contributed by atoms with Gasteiger partial charge < -0.3 is 25.3 Å². The molecule has 0 aliphatic carbocycles. The van der Waals surface area contributed by atoms with E-state index in [-0.39, 0.29) is 48.3 Å². The lowest BCUT2D eigenvalue weighted by Crippen LogP contribution is -2.41. The maximum absolute atomic E-state index is 12.4. The summed E-state index contributed by atoms with van der Waals surface area (Å²) in [5, 5.41) is 9.18. The van der Waals surface area contributed by atoms with Crippen LogP contribution >= 0.6 is 24.0 Å². The molecule has 0 bridgehead atoms. The first-order valence-electron chi connectivity index (χ1n) is 10.8. The summed E-state index contributed by atoms with van der Waals surface area (Å²) in [6.45, 7) is 5.13. The van der Waals surface area contributed by atoms with Crippen LogP contribution in [0.1, 0.15) is 24.7 Å². The van der Waals surface area contributed by atoms with E-state index in [1.807, 2.05) is 30.0 Å². The van der Waals surface area contributed by atoms with Crippen molar-refractivity contribution < 1.29 is 14.0 Å². The molecule has 1 aliphatic rings. The number of furan rings is 1. The second-order valence-electron chi connectivity index (χ2n) is 7.58. The Kier molecular flexibility index (Phi) is 11.1. The average Bonchev–Trinajstić information content (AvgIpc) is 3.43. The zero-order chi connectivity index (χ0) is 21.9. The van der Waals surface area contributed by atoms with Crippen molar-refractivity contribution in [3.05, 3.63) is 60.1 Å². The van der Waals surface area contributed by atoms with Crippen LogP contribution in [0.4, 0.5) is 0 Å². The van der Waals surface area contributed by atoms with Crippen LogP contribution < -0.4 is 16.0 Å². The third-order valence-electron chi connectivity index (χ3n) is 5.13. The number of likely N-dealkylation sites (tertiary alicyclic amines) is 1. The fourth-order valence-electron chi connectivity index (χ4n) is 3.50. The van der Waals surface area contributed by atoms with Gasteiger partial charge in [0, 0.05) is 38.5 Å². The fourth-order valence-corrected chi connectivity index (χ4v) is 3.50. The molecule has 1 saturated heterocycles. The van der Waals surface area contributed by atoms with Gasteiger partial charge in [-0.3, -0.25) is 9.59 Å². The number of hydrogen-bond acceptors (Lipinski definition) is 4. The molecule has 3 rings (SSSR count). The molecule has 1 aliphatic heterocycles. The molecule has 0 saturated carbocycles. The molecule has 174 valence electrons. The number of carbonyl (C=O) groups is 2. The molecule has 2 aromatic rings. The van der Waals surface area contributed by atoms with Crippen LogP contribution in [0.5, 0.6) is 0 Å². The Morgan fingerprint density at radius 1 is 1.16 bits per heavy atom. The fraction of sp³-hybridized carbons (Fsp3) is 0.435. The number of rotatable bonds is 10. The molecule has 1 atom stereocenters. The SMILES string of the molecule is CCNC(=NCC(=O)NCc1ccco1)NCC1CC(=O)N(CCc2ccccc2)C1.I. The average molecular weight is 553 g/mol. The summed E-state index contributed by atoms with van der Waals surface area (Å²) in [7, 11) is 0. The second-order valence-corrected chi connectivity index (χ2v) is 7.58. The van der Waals surface area contributed by atoms with Gasteiger partial charge in [0.05, 0.1) is 12.8 Å². The van der Waals surface area contributed by atoms with Crippen molar-refractivity contribution in [3.8, 4) is 0 Å². The Bertz CT molecular complexity index is 858. The monoisotopic (exact) mass is 553 g/mol. The highest BCUT2D eigenvalue weighted by Gasteiger charge is 2.29. The highest BCUT2D eigenvalue weighted by Crippen LogP contribution is 2.17. The highest BCUT2D eigenvalue weighted by molar-refractivity contribution is 14.0. The topological polar surface area (TPSA) is 99.0 Å². The van der Waals surface area contributed by atoms with Gasteiger partial charge >= 0.3 is 0 Å². The molecule has 2 heterocycles. The molecule has 32 heavy (non-hydrogen) atoms. The van der Waals surface area contributed by atoms with Crippen LogP contribution in [0.25, 0.3) is 0 Å². The lowest BCUT2D eigenvalue weighted by Gasteiger charge is -2.18. The van der Waals surface area contributed by atoms with Crippen LogP contribution in [-0.2, 0) is 22.6 Å². The minimum absolute atomic E-state index is 0. The number of nitrogens with one attached hydrogen (secondary N) is 3. The predicted molar refractivity (Wildman–Crippen MR) is 135 cm³/mol. The van der Waals surface area contributed by atoms with Gasteiger partial charge in [-0.2, -0.15) is 0 Å². The van der Waals surface area contributed by atoms with Crippen molar-refractivity contribution in [2.24, 2.45) is 10.9 Å². The zero-order valence-corrected chi connectivity index (χ0v) is 20.7. The van der Waals surface area contributed by atoms with Crippen molar-refractivity contribution in [1.82, 2.24) is 20.9 Å². The first-order valence-corrected chi connectivity index (χ1v) is 10.8. The number of halogens is 1. The van der Waals surface area contributed by atoms with Crippen LogP contribution in [0, 0.1) is 5.92 Å². The number of nitrogens with zero attached hydrogens (tertiary/aromatic N) is 2. The van der Waals surface area contributed by atoms with E-state index in [1.54, 1.807) is 18.4 Å². The van der Waals surface area contributed by atoms with E-state index in [4.69, 9.17) is 4.42 Å². The summed E-state index contributed by atoms with van der Waals surface area (Å²) in [5.41, 5.74) is 1.24. The molecular formula is C23H32IN5O3. The van der Waals surface area contributed by atoms with E-state index in [0.717, 1.165) is 19.5 Å². The number of guanidine groups is 1. The van der Waals surface area contributed by atoms with Crippen molar-refractivity contribution in [3.63, 3.8) is 0 Å². The predicted octanol–water partition coefficient (Wildman–Crippen LogP) is 2.16. The van der Waals surface area contributed by atoms with Gasteiger partial charge in [0.25, 0.3) is 0 Å². The van der Waals surface area contributed by atoms with Gasteiger partial charge in [-0.15, -0.1) is 24.0 Å². The lowest BCUT2D eigenvalue weighted by molar-refractivity contribution is -0.127. The van der Waals surface area contributed by atoms with E-state index in [0.29, 0.717) is 37.8 Å². The molecule has 0 spiro atoms. The Balaban J connectivity index is 0.00000363. The van der Waals surface area contributed by atoms with E-state index < -0.39 is 0 Å². The standard InChI is InChI=1S/C23H31N5O3.HI/c1-2-24-23(27-16-21(29)25-15-20-9-6-12-31-20)26-14-19-13-22(30)28(17-19)11-10-18-7-4-3-5-8-18;/h3-9,12,19H,2,10-11,13-17H2,1H3,(H,25,29)(H2,24,26,27);1H. The zero-order valence-electron chi connectivity index (χ0n) is 18.4. The highest BCUT2D eigenvalue weighted by atomic mass is 127. The summed E-state index contributed by atoms with van der Waals surface area (Å²) in [6, 6.07) is 13.8. The molecule has 1 aromatic carbocycles. The summed E-state index contributed by atoms with van der Waals surface area (Å²) in [4.78, 5) is 30.6. The van der Waals surface area contributed by atoms with Crippen molar-refractivity contribution in [1.29, 1.82) is 0 Å². The second kappa shape index (κ2) is 13.8. The third kappa shape index (κ3) is 8.52. The van der Waals surface area contributed by atoms with E-state index in [9.17, 15) is 9.59 Å². The van der Waals surface area contributed by atoms with Gasteiger partial charge in [0.1, 0.15) is 12.3 Å². The van der Waals surface area contributed by atoms with Gasteiger partial charge in [-0.25, -0.2) is 4.99 Å². The largest absolute Gasteiger partial charge is 0.467 e. The van der Waals surface area contributed by atoms with E-state index >= 15 is 0 Å². The normalized spacial score (nSPS) is 15.9. The van der Waals surface area contributed by atoms with Gasteiger partial charge in [-0.05, 0) is 31.0 Å². The Morgan fingerprint density at radius 3 is 2.69 bits per heavy atom.